The Morgan fingerprint density at radius 2 is 1.58 bits per heavy atom. The summed E-state index contributed by atoms with van der Waals surface area (Å²) in [6.07, 6.45) is 0. The van der Waals surface area contributed by atoms with Crippen molar-refractivity contribution in [1.29, 1.82) is 0 Å². The molecule has 4 aromatic carbocycles. The summed E-state index contributed by atoms with van der Waals surface area (Å²) >= 11 is 6.38. The average Bonchev–Trinajstić information content (AvgIpc) is 3.33. The minimum Gasteiger partial charge on any atom is -0.457 e. The molecule has 1 amide bonds. The molecule has 0 aliphatic heterocycles. The highest BCUT2D eigenvalue weighted by atomic mass is 35.5. The van der Waals surface area contributed by atoms with Gasteiger partial charge in [-0.1, -0.05) is 59.6 Å². The lowest BCUT2D eigenvalue weighted by atomic mass is 10.1. The van der Waals surface area contributed by atoms with Crippen LogP contribution in [0.4, 0.5) is 5.69 Å². The van der Waals surface area contributed by atoms with Crippen molar-refractivity contribution in [2.75, 3.05) is 5.32 Å². The molecule has 0 aliphatic carbocycles. The maximum atomic E-state index is 13.1. The zero-order valence-corrected chi connectivity index (χ0v) is 20.5. The van der Waals surface area contributed by atoms with Crippen molar-refractivity contribution in [3.8, 4) is 28.6 Å². The maximum Gasteiger partial charge on any atom is 0.295 e. The first-order valence-corrected chi connectivity index (χ1v) is 11.8. The van der Waals surface area contributed by atoms with Crippen molar-refractivity contribution in [3.63, 3.8) is 0 Å². The standard InChI is InChI=1S/C29H23ClN4O2/c1-19-8-6-9-21(18-19)28-32-27(33-34(28)26-13-7-12-25(30)20(26)2)29(35)31-22-14-16-24(17-15-22)36-23-10-4-3-5-11-23/h3-18H,1-2H3,(H,31,35). The van der Waals surface area contributed by atoms with Crippen LogP contribution in [0.3, 0.4) is 0 Å². The highest BCUT2D eigenvalue weighted by Crippen LogP contribution is 2.28. The van der Waals surface area contributed by atoms with E-state index in [9.17, 15) is 4.79 Å². The van der Waals surface area contributed by atoms with Crippen LogP contribution < -0.4 is 10.1 Å². The second-order valence-electron chi connectivity index (χ2n) is 8.32. The number of benzene rings is 4. The van der Waals surface area contributed by atoms with Crippen LogP contribution in [0.1, 0.15) is 21.7 Å². The predicted molar refractivity (Wildman–Crippen MR) is 142 cm³/mol. The number of hydrogen-bond acceptors (Lipinski definition) is 4. The van der Waals surface area contributed by atoms with Crippen LogP contribution in [-0.2, 0) is 0 Å². The number of aromatic nitrogens is 3. The molecule has 5 rings (SSSR count). The number of carbonyl (C=O) groups excluding carboxylic acids is 1. The van der Waals surface area contributed by atoms with E-state index in [0.717, 1.165) is 28.1 Å². The third-order valence-electron chi connectivity index (χ3n) is 5.64. The number of nitrogens with zero attached hydrogens (tertiary/aromatic N) is 3. The molecule has 1 heterocycles. The Hall–Kier alpha value is -4.42. The quantitative estimate of drug-likeness (QED) is 0.270. The SMILES string of the molecule is Cc1cccc(-c2nc(C(=O)Nc3ccc(Oc4ccccc4)cc3)nn2-c2cccc(Cl)c2C)c1. The fourth-order valence-corrected chi connectivity index (χ4v) is 3.96. The lowest BCUT2D eigenvalue weighted by Gasteiger charge is -2.10. The van der Waals surface area contributed by atoms with Crippen LogP contribution in [0.25, 0.3) is 17.1 Å². The Morgan fingerprint density at radius 3 is 2.33 bits per heavy atom. The first kappa shape index (κ1) is 23.3. The predicted octanol–water partition coefficient (Wildman–Crippen LogP) is 7.25. The van der Waals surface area contributed by atoms with E-state index in [1.54, 1.807) is 28.9 Å². The Kier molecular flexibility index (Phi) is 6.52. The van der Waals surface area contributed by atoms with E-state index >= 15 is 0 Å². The van der Waals surface area contributed by atoms with E-state index in [4.69, 9.17) is 16.3 Å². The molecule has 0 spiro atoms. The van der Waals surface area contributed by atoms with Gasteiger partial charge >= 0.3 is 0 Å². The summed E-state index contributed by atoms with van der Waals surface area (Å²) in [5.74, 6) is 1.60. The van der Waals surface area contributed by atoms with Crippen LogP contribution in [-0.4, -0.2) is 20.7 Å². The highest BCUT2D eigenvalue weighted by Gasteiger charge is 2.20. The zero-order chi connectivity index (χ0) is 25.1. The largest absolute Gasteiger partial charge is 0.457 e. The molecule has 36 heavy (non-hydrogen) atoms. The second-order valence-corrected chi connectivity index (χ2v) is 8.73. The number of amides is 1. The van der Waals surface area contributed by atoms with Gasteiger partial charge in [-0.15, -0.1) is 5.10 Å². The van der Waals surface area contributed by atoms with Gasteiger partial charge in [0.2, 0.25) is 5.82 Å². The Balaban J connectivity index is 1.44. The summed E-state index contributed by atoms with van der Waals surface area (Å²) in [6.45, 7) is 3.92. The Morgan fingerprint density at radius 1 is 0.861 bits per heavy atom. The van der Waals surface area contributed by atoms with E-state index in [1.165, 1.54) is 0 Å². The molecule has 1 N–H and O–H groups in total. The molecule has 1 aromatic heterocycles. The lowest BCUT2D eigenvalue weighted by Crippen LogP contribution is -2.14. The van der Waals surface area contributed by atoms with Crippen LogP contribution in [0, 0.1) is 13.8 Å². The zero-order valence-electron chi connectivity index (χ0n) is 19.8. The molecule has 0 radical (unpaired) electrons. The number of carbonyl (C=O) groups is 1. The van der Waals surface area contributed by atoms with Gasteiger partial charge in [0.25, 0.3) is 5.91 Å². The molecule has 0 unspecified atom stereocenters. The second kappa shape index (κ2) is 10.1. The number of anilines is 1. The van der Waals surface area contributed by atoms with Gasteiger partial charge in [-0.2, -0.15) is 0 Å². The van der Waals surface area contributed by atoms with Crippen molar-refractivity contribution in [1.82, 2.24) is 14.8 Å². The number of aryl methyl sites for hydroxylation is 1. The number of ether oxygens (including phenoxy) is 1. The summed E-state index contributed by atoms with van der Waals surface area (Å²) in [4.78, 5) is 17.7. The number of para-hydroxylation sites is 1. The minimum absolute atomic E-state index is 0.0514. The van der Waals surface area contributed by atoms with Gasteiger partial charge in [0.1, 0.15) is 11.5 Å². The van der Waals surface area contributed by atoms with E-state index in [1.807, 2.05) is 86.6 Å². The third-order valence-corrected chi connectivity index (χ3v) is 6.05. The first-order chi connectivity index (χ1) is 17.5. The first-order valence-electron chi connectivity index (χ1n) is 11.4. The topological polar surface area (TPSA) is 69.0 Å². The number of nitrogens with one attached hydrogen (secondary N) is 1. The molecule has 0 aliphatic rings. The fraction of sp³-hybridized carbons (Fsp3) is 0.0690. The summed E-state index contributed by atoms with van der Waals surface area (Å²) in [5, 5.41) is 8.05. The molecule has 0 fully saturated rings. The number of halogens is 1. The van der Waals surface area contributed by atoms with E-state index in [-0.39, 0.29) is 5.82 Å². The van der Waals surface area contributed by atoms with E-state index in [2.05, 4.69) is 15.4 Å². The number of hydrogen-bond donors (Lipinski definition) is 1. The Labute approximate surface area is 214 Å². The smallest absolute Gasteiger partial charge is 0.295 e. The van der Waals surface area contributed by atoms with E-state index in [0.29, 0.717) is 22.3 Å². The van der Waals surface area contributed by atoms with Gasteiger partial charge < -0.3 is 10.1 Å². The maximum absolute atomic E-state index is 13.1. The molecular weight excluding hydrogens is 472 g/mol. The van der Waals surface area contributed by atoms with Gasteiger partial charge in [-0.05, 0) is 74.0 Å². The van der Waals surface area contributed by atoms with Gasteiger partial charge in [0.05, 0.1) is 5.69 Å². The molecule has 0 bridgehead atoms. The summed E-state index contributed by atoms with van der Waals surface area (Å²) in [7, 11) is 0. The summed E-state index contributed by atoms with van der Waals surface area (Å²) in [5.41, 5.74) is 4.14. The molecule has 5 aromatic rings. The third kappa shape index (κ3) is 4.99. The summed E-state index contributed by atoms with van der Waals surface area (Å²) in [6, 6.07) is 30.1. The van der Waals surface area contributed by atoms with E-state index < -0.39 is 5.91 Å². The molecule has 0 saturated carbocycles. The van der Waals surface area contributed by atoms with Crippen molar-refractivity contribution >= 4 is 23.2 Å². The molecule has 7 heteroatoms. The van der Waals surface area contributed by atoms with Gasteiger partial charge in [-0.3, -0.25) is 4.79 Å². The van der Waals surface area contributed by atoms with Crippen molar-refractivity contribution < 1.29 is 9.53 Å². The van der Waals surface area contributed by atoms with Crippen molar-refractivity contribution in [2.24, 2.45) is 0 Å². The number of rotatable bonds is 6. The molecule has 0 atom stereocenters. The molecular formula is C29H23ClN4O2. The highest BCUT2D eigenvalue weighted by molar-refractivity contribution is 6.31. The molecule has 0 saturated heterocycles. The van der Waals surface area contributed by atoms with Crippen LogP contribution in [0.15, 0.2) is 97.1 Å². The van der Waals surface area contributed by atoms with Gasteiger partial charge in [-0.25, -0.2) is 9.67 Å². The van der Waals surface area contributed by atoms with Crippen LogP contribution >= 0.6 is 11.6 Å². The van der Waals surface area contributed by atoms with Gasteiger partial charge in [0.15, 0.2) is 5.82 Å². The molecule has 6 nitrogen and oxygen atoms in total. The van der Waals surface area contributed by atoms with Crippen LogP contribution in [0.2, 0.25) is 5.02 Å². The Bertz CT molecular complexity index is 1530. The monoisotopic (exact) mass is 494 g/mol. The summed E-state index contributed by atoms with van der Waals surface area (Å²) < 4.78 is 7.49. The average molecular weight is 495 g/mol. The van der Waals surface area contributed by atoms with Crippen molar-refractivity contribution in [3.05, 3.63) is 119 Å². The lowest BCUT2D eigenvalue weighted by molar-refractivity contribution is 0.101. The fourth-order valence-electron chi connectivity index (χ4n) is 3.79. The van der Waals surface area contributed by atoms with Gasteiger partial charge in [0, 0.05) is 16.3 Å². The van der Waals surface area contributed by atoms with Crippen molar-refractivity contribution in [2.45, 2.75) is 13.8 Å². The minimum atomic E-state index is -0.418. The molecule has 178 valence electrons. The normalized spacial score (nSPS) is 10.8. The van der Waals surface area contributed by atoms with Crippen LogP contribution in [0.5, 0.6) is 11.5 Å².